The van der Waals surface area contributed by atoms with E-state index < -0.39 is 26.0 Å². The normalized spacial score (nSPS) is 22.0. The van der Waals surface area contributed by atoms with Crippen molar-refractivity contribution in [3.8, 4) is 0 Å². The summed E-state index contributed by atoms with van der Waals surface area (Å²) in [5.74, 6) is -0.693. The Bertz CT molecular complexity index is 585. The van der Waals surface area contributed by atoms with Gasteiger partial charge in [0.25, 0.3) is 0 Å². The summed E-state index contributed by atoms with van der Waals surface area (Å²) in [6.45, 7) is 0.387. The van der Waals surface area contributed by atoms with E-state index in [9.17, 15) is 21.8 Å². The Hall–Kier alpha value is -1.15. The maximum atomic E-state index is 13.1. The highest BCUT2D eigenvalue weighted by Gasteiger charge is 2.44. The van der Waals surface area contributed by atoms with Crippen LogP contribution >= 0.6 is 0 Å². The summed E-state index contributed by atoms with van der Waals surface area (Å²) in [5, 5.41) is 0. The van der Waals surface area contributed by atoms with Crippen LogP contribution in [0.1, 0.15) is 19.3 Å². The SMILES string of the molecule is O=S(=NCCC1CCCO1)(c1ccc(F)cc1)C(F)(F)F. The van der Waals surface area contributed by atoms with Gasteiger partial charge in [-0.1, -0.05) is 0 Å². The van der Waals surface area contributed by atoms with Crippen LogP contribution in [0.25, 0.3) is 0 Å². The summed E-state index contributed by atoms with van der Waals surface area (Å²) >= 11 is 0. The van der Waals surface area contributed by atoms with E-state index in [-0.39, 0.29) is 12.6 Å². The van der Waals surface area contributed by atoms with Crippen molar-refractivity contribution in [3.05, 3.63) is 30.1 Å². The van der Waals surface area contributed by atoms with Gasteiger partial charge in [0.15, 0.2) is 9.73 Å². The van der Waals surface area contributed by atoms with E-state index in [2.05, 4.69) is 4.36 Å². The van der Waals surface area contributed by atoms with E-state index in [0.29, 0.717) is 13.0 Å². The minimum atomic E-state index is -5.00. The number of hydrogen-bond acceptors (Lipinski definition) is 3. The molecule has 0 aromatic heterocycles. The first kappa shape index (κ1) is 16.2. The van der Waals surface area contributed by atoms with Crippen molar-refractivity contribution in [1.29, 1.82) is 0 Å². The second-order valence-corrected chi connectivity index (χ2v) is 6.95. The first-order chi connectivity index (χ1) is 9.83. The molecular formula is C13H15F4NO2S. The molecule has 2 rings (SSSR count). The molecule has 8 heteroatoms. The summed E-state index contributed by atoms with van der Waals surface area (Å²) in [4.78, 5) is -0.524. The second-order valence-electron chi connectivity index (χ2n) is 4.70. The fourth-order valence-corrected chi connectivity index (χ4v) is 3.53. The highest BCUT2D eigenvalue weighted by molar-refractivity contribution is 7.94. The van der Waals surface area contributed by atoms with Crippen LogP contribution in [0.4, 0.5) is 17.6 Å². The van der Waals surface area contributed by atoms with Gasteiger partial charge in [0, 0.05) is 6.61 Å². The zero-order valence-corrected chi connectivity index (χ0v) is 11.9. The first-order valence-electron chi connectivity index (χ1n) is 6.49. The lowest BCUT2D eigenvalue weighted by Crippen LogP contribution is -2.24. The number of nitrogens with zero attached hydrogens (tertiary/aromatic N) is 1. The Balaban J connectivity index is 2.24. The molecule has 1 aliphatic heterocycles. The first-order valence-corrected chi connectivity index (χ1v) is 8.01. The molecule has 2 unspecified atom stereocenters. The van der Waals surface area contributed by atoms with E-state index in [4.69, 9.17) is 4.74 Å². The predicted octanol–water partition coefficient (Wildman–Crippen LogP) is 3.74. The molecule has 0 amide bonds. The third-order valence-corrected chi connectivity index (χ3v) is 5.28. The Morgan fingerprint density at radius 3 is 2.48 bits per heavy atom. The molecule has 3 nitrogen and oxygen atoms in total. The maximum Gasteiger partial charge on any atom is 0.483 e. The van der Waals surface area contributed by atoms with Crippen LogP contribution in [0.5, 0.6) is 0 Å². The largest absolute Gasteiger partial charge is 0.483 e. The van der Waals surface area contributed by atoms with E-state index in [0.717, 1.165) is 37.1 Å². The molecule has 2 atom stereocenters. The number of alkyl halides is 3. The summed E-state index contributed by atoms with van der Waals surface area (Å²) in [6, 6.07) is 3.41. The summed E-state index contributed by atoms with van der Waals surface area (Å²) in [5.41, 5.74) is -5.00. The highest BCUT2D eigenvalue weighted by atomic mass is 32.2. The third-order valence-electron chi connectivity index (χ3n) is 3.20. The topological polar surface area (TPSA) is 38.7 Å². The molecule has 118 valence electrons. The summed E-state index contributed by atoms with van der Waals surface area (Å²) < 4.78 is 73.0. The average molecular weight is 325 g/mol. The fraction of sp³-hybridized carbons (Fsp3) is 0.538. The lowest BCUT2D eigenvalue weighted by Gasteiger charge is -2.14. The molecule has 1 saturated heterocycles. The van der Waals surface area contributed by atoms with Gasteiger partial charge in [0.1, 0.15) is 5.82 Å². The fourth-order valence-electron chi connectivity index (χ4n) is 2.10. The molecular weight excluding hydrogens is 310 g/mol. The van der Waals surface area contributed by atoms with Gasteiger partial charge in [-0.3, -0.25) is 0 Å². The van der Waals surface area contributed by atoms with Crippen molar-refractivity contribution >= 4 is 9.73 Å². The molecule has 0 spiro atoms. The van der Waals surface area contributed by atoms with Gasteiger partial charge in [-0.15, -0.1) is 0 Å². The monoisotopic (exact) mass is 325 g/mol. The Labute approximate surface area is 120 Å². The van der Waals surface area contributed by atoms with Crippen LogP contribution in [0.2, 0.25) is 0 Å². The zero-order chi connectivity index (χ0) is 15.5. The molecule has 0 bridgehead atoms. The predicted molar refractivity (Wildman–Crippen MR) is 69.7 cm³/mol. The van der Waals surface area contributed by atoms with Crippen LogP contribution < -0.4 is 0 Å². The standard InChI is InChI=1S/C13H15F4NO2S/c14-10-3-5-12(6-4-10)21(19,13(15,16)17)18-8-7-11-2-1-9-20-11/h3-6,11H,1-2,7-9H2. The Morgan fingerprint density at radius 1 is 1.29 bits per heavy atom. The Kier molecular flexibility index (Phi) is 4.88. The molecule has 1 aromatic carbocycles. The van der Waals surface area contributed by atoms with E-state index in [1.165, 1.54) is 0 Å². The lowest BCUT2D eigenvalue weighted by molar-refractivity contribution is -0.0404. The smallest absolute Gasteiger partial charge is 0.378 e. The molecule has 1 aliphatic rings. The van der Waals surface area contributed by atoms with Crippen LogP contribution in [-0.2, 0) is 14.5 Å². The van der Waals surface area contributed by atoms with Crippen molar-refractivity contribution in [2.45, 2.75) is 35.8 Å². The summed E-state index contributed by atoms with van der Waals surface area (Å²) in [7, 11) is -4.59. The van der Waals surface area contributed by atoms with Crippen molar-refractivity contribution in [2.24, 2.45) is 4.36 Å². The second kappa shape index (κ2) is 6.31. The highest BCUT2D eigenvalue weighted by Crippen LogP contribution is 2.33. The van der Waals surface area contributed by atoms with Crippen molar-refractivity contribution < 1.29 is 26.5 Å². The zero-order valence-electron chi connectivity index (χ0n) is 11.1. The number of rotatable bonds is 4. The van der Waals surface area contributed by atoms with E-state index >= 15 is 0 Å². The van der Waals surface area contributed by atoms with Crippen molar-refractivity contribution in [1.82, 2.24) is 0 Å². The number of ether oxygens (including phenoxy) is 1. The molecule has 1 fully saturated rings. The van der Waals surface area contributed by atoms with Gasteiger partial charge in [0.05, 0.1) is 17.5 Å². The molecule has 21 heavy (non-hydrogen) atoms. The average Bonchev–Trinajstić information content (AvgIpc) is 2.91. The molecule has 1 heterocycles. The van der Waals surface area contributed by atoms with Crippen molar-refractivity contribution in [3.63, 3.8) is 0 Å². The maximum absolute atomic E-state index is 13.1. The van der Waals surface area contributed by atoms with Gasteiger partial charge < -0.3 is 4.74 Å². The molecule has 0 saturated carbocycles. The third kappa shape index (κ3) is 3.74. The summed E-state index contributed by atoms with van der Waals surface area (Å²) in [6.07, 6.45) is 1.82. The van der Waals surface area contributed by atoms with Gasteiger partial charge >= 0.3 is 5.51 Å². The lowest BCUT2D eigenvalue weighted by atomic mass is 10.2. The number of halogens is 4. The molecule has 1 aromatic rings. The molecule has 0 aliphatic carbocycles. The van der Waals surface area contributed by atoms with Crippen molar-refractivity contribution in [2.75, 3.05) is 13.2 Å². The Morgan fingerprint density at radius 2 is 1.95 bits per heavy atom. The molecule has 0 N–H and O–H groups in total. The number of benzene rings is 1. The van der Waals surface area contributed by atoms with Gasteiger partial charge in [0.2, 0.25) is 0 Å². The van der Waals surface area contributed by atoms with E-state index in [1.807, 2.05) is 0 Å². The van der Waals surface area contributed by atoms with Crippen LogP contribution in [0.15, 0.2) is 33.5 Å². The quantitative estimate of drug-likeness (QED) is 0.791. The number of hydrogen-bond donors (Lipinski definition) is 0. The van der Waals surface area contributed by atoms with E-state index in [1.54, 1.807) is 0 Å². The van der Waals surface area contributed by atoms with Crippen LogP contribution in [0, 0.1) is 5.82 Å². The van der Waals surface area contributed by atoms with Crippen LogP contribution in [-0.4, -0.2) is 29.0 Å². The minimum Gasteiger partial charge on any atom is -0.378 e. The van der Waals surface area contributed by atoms with Crippen LogP contribution in [0.3, 0.4) is 0 Å². The molecule has 0 radical (unpaired) electrons. The minimum absolute atomic E-state index is 0.126. The van der Waals surface area contributed by atoms with Gasteiger partial charge in [-0.2, -0.15) is 13.2 Å². The van der Waals surface area contributed by atoms with Gasteiger partial charge in [-0.25, -0.2) is 13.0 Å². The van der Waals surface area contributed by atoms with Gasteiger partial charge in [-0.05, 0) is 43.5 Å².